The number of aliphatic imine (C=N–C) groups is 1. The summed E-state index contributed by atoms with van der Waals surface area (Å²) in [5.41, 5.74) is 2.69. The Morgan fingerprint density at radius 3 is 2.59 bits per heavy atom. The van der Waals surface area contributed by atoms with Crippen LogP contribution in [-0.4, -0.2) is 28.1 Å². The number of amidine groups is 1. The Morgan fingerprint density at radius 2 is 1.97 bits per heavy atom. The molecule has 1 saturated heterocycles. The van der Waals surface area contributed by atoms with Gasteiger partial charge in [-0.1, -0.05) is 37.7 Å². The normalized spacial score (nSPS) is 15.3. The molecule has 2 aromatic carbocycles. The van der Waals surface area contributed by atoms with Gasteiger partial charge < -0.3 is 15.2 Å². The molecule has 2 amide bonds. The molecular weight excluding hydrogens is 394 g/mol. The van der Waals surface area contributed by atoms with Crippen molar-refractivity contribution in [3.8, 4) is 5.75 Å². The predicted molar refractivity (Wildman–Crippen MR) is 113 cm³/mol. The van der Waals surface area contributed by atoms with Crippen LogP contribution in [-0.2, 0) is 4.79 Å². The first-order valence-electron chi connectivity index (χ1n) is 8.89. The van der Waals surface area contributed by atoms with Crippen LogP contribution < -0.4 is 14.9 Å². The minimum atomic E-state index is -0.887. The average Bonchev–Trinajstić information content (AvgIpc) is 3.01. The van der Waals surface area contributed by atoms with Crippen LogP contribution in [0.3, 0.4) is 0 Å². The Balaban J connectivity index is 1.85. The third-order valence-electron chi connectivity index (χ3n) is 4.26. The molecule has 1 aliphatic heterocycles. The molecule has 0 spiro atoms. The quantitative estimate of drug-likeness (QED) is 0.737. The van der Waals surface area contributed by atoms with Crippen molar-refractivity contribution in [2.45, 2.75) is 26.7 Å². The summed E-state index contributed by atoms with van der Waals surface area (Å²) in [6.07, 6.45) is -0.887. The van der Waals surface area contributed by atoms with Crippen molar-refractivity contribution in [2.75, 3.05) is 15.9 Å². The van der Waals surface area contributed by atoms with E-state index in [2.05, 4.69) is 4.99 Å². The fourth-order valence-corrected chi connectivity index (χ4v) is 3.71. The Morgan fingerprint density at radius 1 is 1.28 bits per heavy atom. The maximum absolute atomic E-state index is 12.5. The van der Waals surface area contributed by atoms with Crippen LogP contribution in [0.2, 0.25) is 0 Å². The zero-order valence-electron chi connectivity index (χ0n) is 16.2. The summed E-state index contributed by atoms with van der Waals surface area (Å²) in [5.74, 6) is 0.367. The summed E-state index contributed by atoms with van der Waals surface area (Å²) in [6.45, 7) is 6.00. The van der Waals surface area contributed by atoms with E-state index in [1.807, 2.05) is 39.0 Å². The summed E-state index contributed by atoms with van der Waals surface area (Å²) < 4.78 is 5.15. The Bertz CT molecular complexity index is 957. The first kappa shape index (κ1) is 20.8. The zero-order chi connectivity index (χ0) is 21.1. The van der Waals surface area contributed by atoms with Crippen LogP contribution in [0, 0.1) is 12.1 Å². The van der Waals surface area contributed by atoms with Crippen molar-refractivity contribution in [3.63, 3.8) is 0 Å². The largest absolute Gasteiger partial charge is 0.733 e. The molecule has 9 heteroatoms. The van der Waals surface area contributed by atoms with Gasteiger partial charge in [0.15, 0.2) is 5.17 Å². The van der Waals surface area contributed by atoms with Crippen LogP contribution in [0.5, 0.6) is 5.75 Å². The molecule has 1 N–H and O–H groups in total. The fraction of sp³-hybridized carbons (Fsp3) is 0.250. The summed E-state index contributed by atoms with van der Waals surface area (Å²) in [5, 5.41) is 19.6. The number of thioether (sulfide) groups is 1. The maximum atomic E-state index is 12.5. The molecule has 0 atom stereocenters. The molecule has 152 valence electrons. The van der Waals surface area contributed by atoms with Crippen LogP contribution in [0.4, 0.5) is 16.2 Å². The van der Waals surface area contributed by atoms with Gasteiger partial charge in [-0.2, -0.15) is 0 Å². The standard InChI is InChI=1S/C20H20N3O5S/c1-12(2)16-9-4-13(3)10-17(16)22-18(24)11-29-19(22)21-20(25)28-15-7-5-14(6-8-15)23(26)27/h4-10,12,26H,11H2,1-3H3/q-1. The number of carbonyl (C=O) groups is 2. The lowest BCUT2D eigenvalue weighted by molar-refractivity contribution is -0.115. The van der Waals surface area contributed by atoms with Crippen LogP contribution in [0.1, 0.15) is 30.9 Å². The molecule has 0 aromatic heterocycles. The van der Waals surface area contributed by atoms with Crippen LogP contribution in [0.15, 0.2) is 47.5 Å². The van der Waals surface area contributed by atoms with Crippen LogP contribution >= 0.6 is 11.8 Å². The van der Waals surface area contributed by atoms with Gasteiger partial charge in [-0.25, -0.2) is 4.79 Å². The van der Waals surface area contributed by atoms with E-state index in [1.165, 1.54) is 40.9 Å². The van der Waals surface area contributed by atoms with E-state index in [0.29, 0.717) is 5.69 Å². The molecule has 2 aromatic rings. The molecule has 8 nitrogen and oxygen atoms in total. The average molecular weight is 414 g/mol. The fourth-order valence-electron chi connectivity index (χ4n) is 2.86. The van der Waals surface area contributed by atoms with Gasteiger partial charge in [-0.05, 0) is 54.3 Å². The van der Waals surface area contributed by atoms with Crippen molar-refractivity contribution in [1.82, 2.24) is 0 Å². The highest BCUT2D eigenvalue weighted by Crippen LogP contribution is 2.34. The Kier molecular flexibility index (Phi) is 6.21. The number of carbonyl (C=O) groups excluding carboxylic acids is 2. The molecule has 0 radical (unpaired) electrons. The van der Waals surface area contributed by atoms with Crippen molar-refractivity contribution in [1.29, 1.82) is 0 Å². The van der Waals surface area contributed by atoms with Crippen LogP contribution in [0.25, 0.3) is 0 Å². The lowest BCUT2D eigenvalue weighted by Gasteiger charge is -2.22. The van der Waals surface area contributed by atoms with E-state index in [4.69, 9.17) is 9.94 Å². The van der Waals surface area contributed by atoms with E-state index in [1.54, 1.807) is 0 Å². The number of rotatable bonds is 4. The number of hydrogen-bond acceptors (Lipinski definition) is 7. The number of nitrogens with zero attached hydrogens (tertiary/aromatic N) is 3. The number of amides is 2. The molecule has 29 heavy (non-hydrogen) atoms. The highest BCUT2D eigenvalue weighted by molar-refractivity contribution is 8.15. The van der Waals surface area contributed by atoms with Crippen molar-refractivity contribution in [3.05, 3.63) is 58.8 Å². The predicted octanol–water partition coefficient (Wildman–Crippen LogP) is 4.45. The summed E-state index contributed by atoms with van der Waals surface area (Å²) in [7, 11) is 0. The summed E-state index contributed by atoms with van der Waals surface area (Å²) in [6, 6.07) is 11.2. The number of ether oxygens (including phenoxy) is 1. The molecule has 0 bridgehead atoms. The molecule has 3 rings (SSSR count). The second kappa shape index (κ2) is 8.64. The van der Waals surface area contributed by atoms with Gasteiger partial charge in [0.05, 0.1) is 17.1 Å². The highest BCUT2D eigenvalue weighted by atomic mass is 32.2. The van der Waals surface area contributed by atoms with Gasteiger partial charge in [-0.15, -0.1) is 4.99 Å². The van der Waals surface area contributed by atoms with E-state index in [0.717, 1.165) is 11.1 Å². The number of benzene rings is 2. The summed E-state index contributed by atoms with van der Waals surface area (Å²) in [4.78, 5) is 30.2. The third kappa shape index (κ3) is 4.76. The van der Waals surface area contributed by atoms with Gasteiger partial charge in [0.25, 0.3) is 0 Å². The number of aryl methyl sites for hydroxylation is 1. The van der Waals surface area contributed by atoms with Gasteiger partial charge in [0.1, 0.15) is 5.75 Å². The lowest BCUT2D eigenvalue weighted by atomic mass is 9.99. The lowest BCUT2D eigenvalue weighted by Crippen LogP contribution is -2.31. The molecule has 0 aliphatic carbocycles. The van der Waals surface area contributed by atoms with Crippen molar-refractivity contribution >= 4 is 40.3 Å². The third-order valence-corrected chi connectivity index (χ3v) is 5.19. The Hall–Kier alpha value is -2.88. The van der Waals surface area contributed by atoms with Gasteiger partial charge in [-0.3, -0.25) is 14.9 Å². The zero-order valence-corrected chi connectivity index (χ0v) is 17.0. The first-order chi connectivity index (χ1) is 13.8. The van der Waals surface area contributed by atoms with E-state index in [-0.39, 0.29) is 39.4 Å². The van der Waals surface area contributed by atoms with E-state index < -0.39 is 6.09 Å². The molecular formula is C20H20N3O5S-. The summed E-state index contributed by atoms with van der Waals surface area (Å²) >= 11 is 1.17. The monoisotopic (exact) mass is 414 g/mol. The van der Waals surface area contributed by atoms with Crippen molar-refractivity contribution < 1.29 is 19.5 Å². The smallest absolute Gasteiger partial charge is 0.441 e. The second-order valence-electron chi connectivity index (χ2n) is 6.76. The molecule has 1 heterocycles. The molecule has 0 unspecified atom stereocenters. The minimum absolute atomic E-state index is 0.0000969. The molecule has 1 fully saturated rings. The van der Waals surface area contributed by atoms with Gasteiger partial charge in [0, 0.05) is 0 Å². The van der Waals surface area contributed by atoms with Crippen molar-refractivity contribution in [2.24, 2.45) is 4.99 Å². The first-order valence-corrected chi connectivity index (χ1v) is 9.88. The molecule has 0 saturated carbocycles. The molecule has 1 aliphatic rings. The SMILES string of the molecule is Cc1ccc(C(C)C)c(N2C(=O)CSC2=NC(=O)Oc2ccc(N([O-])O)cc2)c1. The number of hydrogen-bond donors (Lipinski definition) is 1. The number of anilines is 2. The highest BCUT2D eigenvalue weighted by Gasteiger charge is 2.32. The van der Waals surface area contributed by atoms with Gasteiger partial charge in [0.2, 0.25) is 5.91 Å². The van der Waals surface area contributed by atoms with Gasteiger partial charge >= 0.3 is 6.09 Å². The van der Waals surface area contributed by atoms with E-state index >= 15 is 0 Å². The topological polar surface area (TPSA) is 106 Å². The second-order valence-corrected chi connectivity index (χ2v) is 7.71. The van der Waals surface area contributed by atoms with E-state index in [9.17, 15) is 14.8 Å². The minimum Gasteiger partial charge on any atom is -0.733 e. The Labute approximate surface area is 172 Å². The maximum Gasteiger partial charge on any atom is 0.441 e.